The lowest BCUT2D eigenvalue weighted by atomic mass is 10.0. The second-order valence-electron chi connectivity index (χ2n) is 3.45. The van der Waals surface area contributed by atoms with Crippen LogP contribution in [0.2, 0.25) is 0 Å². The third-order valence-electron chi connectivity index (χ3n) is 2.41. The first-order valence-electron chi connectivity index (χ1n) is 5.02. The molecule has 0 saturated carbocycles. The zero-order valence-electron chi connectivity index (χ0n) is 8.96. The monoisotopic (exact) mass is 212 g/mol. The number of pyridine rings is 1. The second-order valence-corrected chi connectivity index (χ2v) is 3.45. The van der Waals surface area contributed by atoms with E-state index < -0.39 is 0 Å². The van der Waals surface area contributed by atoms with Crippen LogP contribution in [-0.2, 0) is 0 Å². The van der Waals surface area contributed by atoms with Crippen molar-refractivity contribution in [1.82, 2.24) is 4.98 Å². The van der Waals surface area contributed by atoms with Crippen LogP contribution in [0.4, 0.5) is 0 Å². The molecule has 0 saturated heterocycles. The van der Waals surface area contributed by atoms with Gasteiger partial charge in [-0.2, -0.15) is 0 Å². The Balaban J connectivity index is 2.58. The smallest absolute Gasteiger partial charge is 0.0843 e. The van der Waals surface area contributed by atoms with Gasteiger partial charge in [-0.3, -0.25) is 4.98 Å². The number of rotatable bonds is 2. The highest BCUT2D eigenvalue weighted by molar-refractivity contribution is 6.03. The van der Waals surface area contributed by atoms with E-state index in [1.165, 1.54) is 0 Å². The van der Waals surface area contributed by atoms with Crippen LogP contribution in [-0.4, -0.2) is 15.9 Å². The van der Waals surface area contributed by atoms with E-state index in [4.69, 9.17) is 5.21 Å². The molecule has 16 heavy (non-hydrogen) atoms. The third-order valence-corrected chi connectivity index (χ3v) is 2.41. The van der Waals surface area contributed by atoms with Crippen molar-refractivity contribution in [2.45, 2.75) is 6.92 Å². The van der Waals surface area contributed by atoms with Gasteiger partial charge in [-0.15, -0.1) is 0 Å². The molecular formula is C13H12N2O. The van der Waals surface area contributed by atoms with Crippen molar-refractivity contribution in [3.63, 3.8) is 0 Å². The van der Waals surface area contributed by atoms with Crippen LogP contribution >= 0.6 is 0 Å². The zero-order valence-corrected chi connectivity index (χ0v) is 8.96. The Labute approximate surface area is 94.1 Å². The lowest BCUT2D eigenvalue weighted by molar-refractivity contribution is 0.319. The van der Waals surface area contributed by atoms with Crippen LogP contribution in [0, 0.1) is 0 Å². The lowest BCUT2D eigenvalue weighted by Crippen LogP contribution is -1.98. The summed E-state index contributed by atoms with van der Waals surface area (Å²) in [6.45, 7) is 1.77. The number of hydrogen-bond acceptors (Lipinski definition) is 3. The molecule has 2 aromatic rings. The summed E-state index contributed by atoms with van der Waals surface area (Å²) in [7, 11) is 0. The largest absolute Gasteiger partial charge is 0.411 e. The molecule has 0 aliphatic carbocycles. The fourth-order valence-corrected chi connectivity index (χ4v) is 1.60. The van der Waals surface area contributed by atoms with Gasteiger partial charge in [0.25, 0.3) is 0 Å². The molecule has 80 valence electrons. The minimum atomic E-state index is 0.584. The summed E-state index contributed by atoms with van der Waals surface area (Å²) in [5.74, 6) is 0. The molecule has 1 N–H and O–H groups in total. The second kappa shape index (κ2) is 4.57. The fraction of sp³-hybridized carbons (Fsp3) is 0.0769. The first-order chi connectivity index (χ1) is 7.83. The van der Waals surface area contributed by atoms with Crippen LogP contribution < -0.4 is 0 Å². The molecule has 0 fully saturated rings. The average Bonchev–Trinajstić information content (AvgIpc) is 2.39. The molecule has 0 atom stereocenters. The Hall–Kier alpha value is -2.16. The van der Waals surface area contributed by atoms with Gasteiger partial charge in [0.15, 0.2) is 0 Å². The first kappa shape index (κ1) is 10.4. The normalized spacial score (nSPS) is 11.4. The Morgan fingerprint density at radius 2 is 1.88 bits per heavy atom. The van der Waals surface area contributed by atoms with Gasteiger partial charge >= 0.3 is 0 Å². The molecular weight excluding hydrogens is 200 g/mol. The summed E-state index contributed by atoms with van der Waals surface area (Å²) in [6, 6.07) is 13.5. The Morgan fingerprint density at radius 1 is 1.12 bits per heavy atom. The molecule has 1 aromatic carbocycles. The number of benzene rings is 1. The predicted octanol–water partition coefficient (Wildman–Crippen LogP) is 2.95. The summed E-state index contributed by atoms with van der Waals surface area (Å²) in [4.78, 5) is 4.29. The van der Waals surface area contributed by atoms with E-state index in [1.54, 1.807) is 13.1 Å². The van der Waals surface area contributed by atoms with Crippen LogP contribution in [0.5, 0.6) is 0 Å². The number of nitrogens with zero attached hydrogens (tertiary/aromatic N) is 2. The number of aromatic nitrogens is 1. The summed E-state index contributed by atoms with van der Waals surface area (Å²) in [6.07, 6.45) is 1.75. The van der Waals surface area contributed by atoms with Crippen LogP contribution in [0.15, 0.2) is 53.8 Å². The SMILES string of the molecule is C/C(=N\O)c1ccccc1-c1ccccn1. The van der Waals surface area contributed by atoms with Crippen molar-refractivity contribution < 1.29 is 5.21 Å². The van der Waals surface area contributed by atoms with Crippen molar-refractivity contribution in [1.29, 1.82) is 0 Å². The van der Waals surface area contributed by atoms with E-state index in [0.29, 0.717) is 5.71 Å². The van der Waals surface area contributed by atoms with Crippen molar-refractivity contribution in [2.24, 2.45) is 5.16 Å². The molecule has 1 aromatic heterocycles. The minimum absolute atomic E-state index is 0.584. The molecule has 0 bridgehead atoms. The Morgan fingerprint density at radius 3 is 2.56 bits per heavy atom. The maximum Gasteiger partial charge on any atom is 0.0843 e. The number of hydrogen-bond donors (Lipinski definition) is 1. The van der Waals surface area contributed by atoms with Gasteiger partial charge in [-0.1, -0.05) is 35.5 Å². The number of oxime groups is 1. The third kappa shape index (κ3) is 1.93. The van der Waals surface area contributed by atoms with Crippen molar-refractivity contribution in [3.8, 4) is 11.3 Å². The highest BCUT2D eigenvalue weighted by Crippen LogP contribution is 2.21. The van der Waals surface area contributed by atoms with Gasteiger partial charge in [-0.05, 0) is 19.1 Å². The molecule has 0 radical (unpaired) electrons. The van der Waals surface area contributed by atoms with Gasteiger partial charge in [0, 0.05) is 17.3 Å². The quantitative estimate of drug-likeness (QED) is 0.472. The lowest BCUT2D eigenvalue weighted by Gasteiger charge is -2.06. The summed E-state index contributed by atoms with van der Waals surface area (Å²) in [5.41, 5.74) is 3.32. The highest BCUT2D eigenvalue weighted by atomic mass is 16.4. The van der Waals surface area contributed by atoms with E-state index in [9.17, 15) is 0 Å². The van der Waals surface area contributed by atoms with E-state index in [1.807, 2.05) is 42.5 Å². The maximum atomic E-state index is 8.83. The van der Waals surface area contributed by atoms with Crippen molar-refractivity contribution in [3.05, 3.63) is 54.2 Å². The van der Waals surface area contributed by atoms with E-state index in [-0.39, 0.29) is 0 Å². The van der Waals surface area contributed by atoms with E-state index in [0.717, 1.165) is 16.8 Å². The standard InChI is InChI=1S/C13H12N2O/c1-10(15-16)11-6-2-3-7-12(11)13-8-4-5-9-14-13/h2-9,16H,1H3/b15-10+. The highest BCUT2D eigenvalue weighted by Gasteiger charge is 2.07. The molecule has 0 aliphatic rings. The summed E-state index contributed by atoms with van der Waals surface area (Å²) in [5, 5.41) is 12.1. The molecule has 1 heterocycles. The molecule has 3 heteroatoms. The Kier molecular flexibility index (Phi) is 2.96. The molecule has 0 unspecified atom stereocenters. The van der Waals surface area contributed by atoms with E-state index >= 15 is 0 Å². The first-order valence-corrected chi connectivity index (χ1v) is 5.02. The maximum absolute atomic E-state index is 8.83. The molecule has 0 aliphatic heterocycles. The zero-order chi connectivity index (χ0) is 11.4. The van der Waals surface area contributed by atoms with Crippen LogP contribution in [0.1, 0.15) is 12.5 Å². The molecule has 3 nitrogen and oxygen atoms in total. The molecule has 2 rings (SSSR count). The molecule has 0 amide bonds. The Bertz CT molecular complexity index is 506. The topological polar surface area (TPSA) is 45.5 Å². The van der Waals surface area contributed by atoms with Gasteiger partial charge < -0.3 is 5.21 Å². The predicted molar refractivity (Wildman–Crippen MR) is 63.7 cm³/mol. The van der Waals surface area contributed by atoms with Crippen LogP contribution in [0.25, 0.3) is 11.3 Å². The van der Waals surface area contributed by atoms with Gasteiger partial charge in [0.05, 0.1) is 11.4 Å². The fourth-order valence-electron chi connectivity index (χ4n) is 1.60. The van der Waals surface area contributed by atoms with Gasteiger partial charge in [0.1, 0.15) is 0 Å². The van der Waals surface area contributed by atoms with E-state index in [2.05, 4.69) is 10.1 Å². The van der Waals surface area contributed by atoms with Gasteiger partial charge in [0.2, 0.25) is 0 Å². The average molecular weight is 212 g/mol. The van der Waals surface area contributed by atoms with Crippen LogP contribution in [0.3, 0.4) is 0 Å². The minimum Gasteiger partial charge on any atom is -0.411 e. The van der Waals surface area contributed by atoms with Gasteiger partial charge in [-0.25, -0.2) is 0 Å². The summed E-state index contributed by atoms with van der Waals surface area (Å²) < 4.78 is 0. The van der Waals surface area contributed by atoms with Crippen molar-refractivity contribution in [2.75, 3.05) is 0 Å². The summed E-state index contributed by atoms with van der Waals surface area (Å²) >= 11 is 0. The molecule has 0 spiro atoms. The van der Waals surface area contributed by atoms with Crippen molar-refractivity contribution >= 4 is 5.71 Å².